The van der Waals surface area contributed by atoms with Gasteiger partial charge in [-0.05, 0) is 53.7 Å². The molecule has 0 radical (unpaired) electrons. The summed E-state index contributed by atoms with van der Waals surface area (Å²) in [7, 11) is 0. The van der Waals surface area contributed by atoms with Crippen molar-refractivity contribution in [3.63, 3.8) is 0 Å². The van der Waals surface area contributed by atoms with Gasteiger partial charge in [0.2, 0.25) is 5.82 Å². The number of carbonyl (C=O) groups is 1. The number of nitrogens with zero attached hydrogens (tertiary/aromatic N) is 4. The van der Waals surface area contributed by atoms with Crippen LogP contribution >= 0.6 is 15.9 Å². The zero-order valence-electron chi connectivity index (χ0n) is 11.8. The number of nitrogens with one attached hydrogen (secondary N) is 1. The van der Waals surface area contributed by atoms with Gasteiger partial charge < -0.3 is 0 Å². The Labute approximate surface area is 139 Å². The SMILES string of the molecule is O=C(c1ccc(Br)cc1)n1ccc2cc(-c3nn[nH]n3)ccc21. The first kappa shape index (κ1) is 13.8. The monoisotopic (exact) mass is 367 g/mol. The Bertz CT molecular complexity index is 989. The minimum Gasteiger partial charge on any atom is -0.283 e. The number of H-pyrrole nitrogens is 1. The minimum absolute atomic E-state index is 0.0696. The predicted molar refractivity (Wildman–Crippen MR) is 89.0 cm³/mol. The molecule has 0 saturated carbocycles. The average Bonchev–Trinajstić information content (AvgIpc) is 3.24. The Morgan fingerprint density at radius 1 is 1.09 bits per heavy atom. The van der Waals surface area contributed by atoms with Gasteiger partial charge in [-0.25, -0.2) is 0 Å². The van der Waals surface area contributed by atoms with Crippen molar-refractivity contribution in [2.45, 2.75) is 0 Å². The zero-order chi connectivity index (χ0) is 15.8. The van der Waals surface area contributed by atoms with Gasteiger partial charge in [-0.3, -0.25) is 9.36 Å². The molecule has 23 heavy (non-hydrogen) atoms. The zero-order valence-corrected chi connectivity index (χ0v) is 13.4. The van der Waals surface area contributed by atoms with Crippen LogP contribution in [0.1, 0.15) is 10.4 Å². The Hall–Kier alpha value is -2.80. The van der Waals surface area contributed by atoms with Crippen molar-refractivity contribution in [3.05, 3.63) is 64.8 Å². The molecule has 6 nitrogen and oxygen atoms in total. The topological polar surface area (TPSA) is 76.5 Å². The molecule has 0 spiro atoms. The van der Waals surface area contributed by atoms with Crippen molar-refractivity contribution in [1.29, 1.82) is 0 Å². The van der Waals surface area contributed by atoms with Crippen molar-refractivity contribution in [1.82, 2.24) is 25.2 Å². The van der Waals surface area contributed by atoms with E-state index in [9.17, 15) is 4.79 Å². The fourth-order valence-corrected chi connectivity index (χ4v) is 2.74. The number of hydrogen-bond donors (Lipinski definition) is 1. The van der Waals surface area contributed by atoms with Crippen molar-refractivity contribution in [3.8, 4) is 11.4 Å². The highest BCUT2D eigenvalue weighted by Crippen LogP contribution is 2.23. The van der Waals surface area contributed by atoms with Gasteiger partial charge in [0.15, 0.2) is 0 Å². The number of aromatic amines is 1. The molecule has 0 saturated heterocycles. The summed E-state index contributed by atoms with van der Waals surface area (Å²) in [4.78, 5) is 12.7. The molecular formula is C16H10BrN5O. The third-order valence-electron chi connectivity index (χ3n) is 3.60. The van der Waals surface area contributed by atoms with Gasteiger partial charge in [0, 0.05) is 27.2 Å². The summed E-state index contributed by atoms with van der Waals surface area (Å²) in [5, 5.41) is 14.9. The van der Waals surface area contributed by atoms with Crippen LogP contribution < -0.4 is 0 Å². The molecule has 2 aromatic heterocycles. The van der Waals surface area contributed by atoms with Crippen molar-refractivity contribution < 1.29 is 4.79 Å². The maximum absolute atomic E-state index is 12.7. The number of carbonyl (C=O) groups excluding carboxylic acids is 1. The third-order valence-corrected chi connectivity index (χ3v) is 4.13. The average molecular weight is 368 g/mol. The lowest BCUT2D eigenvalue weighted by Crippen LogP contribution is -2.10. The number of rotatable bonds is 2. The summed E-state index contributed by atoms with van der Waals surface area (Å²) < 4.78 is 2.58. The molecule has 7 heteroatoms. The molecule has 4 aromatic rings. The van der Waals surface area contributed by atoms with Gasteiger partial charge in [0.1, 0.15) is 0 Å². The number of benzene rings is 2. The van der Waals surface area contributed by atoms with E-state index in [-0.39, 0.29) is 5.91 Å². The molecule has 4 rings (SSSR count). The number of halogens is 1. The first-order valence-electron chi connectivity index (χ1n) is 6.87. The van der Waals surface area contributed by atoms with E-state index in [1.807, 2.05) is 36.4 Å². The second-order valence-corrected chi connectivity index (χ2v) is 5.92. The first-order chi connectivity index (χ1) is 11.2. The quantitative estimate of drug-likeness (QED) is 0.589. The Kier molecular flexibility index (Phi) is 3.27. The van der Waals surface area contributed by atoms with Gasteiger partial charge in [0.25, 0.3) is 5.91 Å². The second kappa shape index (κ2) is 5.44. The molecule has 0 fully saturated rings. The molecular weight excluding hydrogens is 358 g/mol. The smallest absolute Gasteiger partial charge is 0.262 e. The standard InChI is InChI=1S/C16H10BrN5O/c17-13-4-1-10(2-5-13)16(23)22-8-7-11-9-12(3-6-14(11)22)15-18-20-21-19-15/h1-9H,(H,18,19,20,21). The third kappa shape index (κ3) is 2.44. The van der Waals surface area contributed by atoms with Crippen LogP contribution in [0.15, 0.2) is 59.2 Å². The van der Waals surface area contributed by atoms with Gasteiger partial charge in [-0.15, -0.1) is 10.2 Å². The molecule has 0 aliphatic carbocycles. The van der Waals surface area contributed by atoms with Gasteiger partial charge in [0.05, 0.1) is 5.52 Å². The minimum atomic E-state index is -0.0696. The fourth-order valence-electron chi connectivity index (χ4n) is 2.47. The summed E-state index contributed by atoms with van der Waals surface area (Å²) in [6.07, 6.45) is 1.77. The molecule has 1 N–H and O–H groups in total. The van der Waals surface area contributed by atoms with Crippen LogP contribution in [0, 0.1) is 0 Å². The van der Waals surface area contributed by atoms with Crippen molar-refractivity contribution in [2.24, 2.45) is 0 Å². The lowest BCUT2D eigenvalue weighted by atomic mass is 10.1. The van der Waals surface area contributed by atoms with E-state index >= 15 is 0 Å². The normalized spacial score (nSPS) is 11.0. The van der Waals surface area contributed by atoms with E-state index in [0.29, 0.717) is 11.4 Å². The van der Waals surface area contributed by atoms with Gasteiger partial charge in [-0.1, -0.05) is 15.9 Å². The Balaban J connectivity index is 1.76. The Morgan fingerprint density at radius 2 is 1.91 bits per heavy atom. The van der Waals surface area contributed by atoms with Crippen LogP contribution in [-0.4, -0.2) is 31.1 Å². The van der Waals surface area contributed by atoms with Crippen LogP contribution in [0.3, 0.4) is 0 Å². The van der Waals surface area contributed by atoms with E-state index in [1.54, 1.807) is 22.9 Å². The summed E-state index contributed by atoms with van der Waals surface area (Å²) >= 11 is 3.37. The highest BCUT2D eigenvalue weighted by atomic mass is 79.9. The maximum atomic E-state index is 12.7. The van der Waals surface area contributed by atoms with E-state index in [1.165, 1.54) is 0 Å². The van der Waals surface area contributed by atoms with Crippen LogP contribution in [0.5, 0.6) is 0 Å². The molecule has 112 valence electrons. The van der Waals surface area contributed by atoms with Crippen LogP contribution in [0.25, 0.3) is 22.3 Å². The highest BCUT2D eigenvalue weighted by Gasteiger charge is 2.12. The molecule has 0 aliphatic heterocycles. The molecule has 0 unspecified atom stereocenters. The van der Waals surface area contributed by atoms with E-state index in [0.717, 1.165) is 20.9 Å². The summed E-state index contributed by atoms with van der Waals surface area (Å²) in [6.45, 7) is 0. The number of fused-ring (bicyclic) bond motifs is 1. The molecule has 0 amide bonds. The van der Waals surface area contributed by atoms with Gasteiger partial charge >= 0.3 is 0 Å². The van der Waals surface area contributed by atoms with Crippen LogP contribution in [0.4, 0.5) is 0 Å². The first-order valence-corrected chi connectivity index (χ1v) is 7.67. The number of tetrazole rings is 1. The summed E-state index contributed by atoms with van der Waals surface area (Å²) in [5.41, 5.74) is 2.32. The summed E-state index contributed by atoms with van der Waals surface area (Å²) in [5.74, 6) is 0.457. The summed E-state index contributed by atoms with van der Waals surface area (Å²) in [6, 6.07) is 14.9. The molecule has 0 aliphatic rings. The van der Waals surface area contributed by atoms with Gasteiger partial charge in [-0.2, -0.15) is 5.21 Å². The molecule has 0 bridgehead atoms. The molecule has 2 aromatic carbocycles. The predicted octanol–water partition coefficient (Wildman–Crippen LogP) is 3.27. The largest absolute Gasteiger partial charge is 0.283 e. The highest BCUT2D eigenvalue weighted by molar-refractivity contribution is 9.10. The van der Waals surface area contributed by atoms with E-state index in [2.05, 4.69) is 36.6 Å². The van der Waals surface area contributed by atoms with Crippen molar-refractivity contribution >= 4 is 32.7 Å². The fraction of sp³-hybridized carbons (Fsp3) is 0. The lowest BCUT2D eigenvalue weighted by Gasteiger charge is -2.05. The molecule has 0 atom stereocenters. The Morgan fingerprint density at radius 3 is 2.65 bits per heavy atom. The van der Waals surface area contributed by atoms with Crippen LogP contribution in [0.2, 0.25) is 0 Å². The maximum Gasteiger partial charge on any atom is 0.262 e. The van der Waals surface area contributed by atoms with E-state index < -0.39 is 0 Å². The van der Waals surface area contributed by atoms with Crippen molar-refractivity contribution in [2.75, 3.05) is 0 Å². The number of hydrogen-bond acceptors (Lipinski definition) is 4. The molecule has 2 heterocycles. The lowest BCUT2D eigenvalue weighted by molar-refractivity contribution is 0.0965. The van der Waals surface area contributed by atoms with E-state index in [4.69, 9.17) is 0 Å². The second-order valence-electron chi connectivity index (χ2n) is 5.01. The van der Waals surface area contributed by atoms with Crippen LogP contribution in [-0.2, 0) is 0 Å². The number of aromatic nitrogens is 5.